The van der Waals surface area contributed by atoms with Gasteiger partial charge in [-0.05, 0) is 51.7 Å². The molecule has 3 saturated heterocycles. The molecule has 0 spiro atoms. The van der Waals surface area contributed by atoms with Crippen molar-refractivity contribution in [2.75, 3.05) is 0 Å². The first-order valence-electron chi connectivity index (χ1n) is 9.20. The zero-order chi connectivity index (χ0) is 17.7. The van der Waals surface area contributed by atoms with Crippen molar-refractivity contribution in [3.05, 3.63) is 34.9 Å². The summed E-state index contributed by atoms with van der Waals surface area (Å²) in [5.74, 6) is 0.0174. The van der Waals surface area contributed by atoms with E-state index in [1.807, 2.05) is 30.9 Å². The number of nitrogens with zero attached hydrogens (tertiary/aromatic N) is 2. The van der Waals surface area contributed by atoms with E-state index in [4.69, 9.17) is 0 Å². The Bertz CT molecular complexity index is 707. The molecule has 2 unspecified atom stereocenters. The van der Waals surface area contributed by atoms with Crippen LogP contribution in [0.15, 0.2) is 18.2 Å². The molecule has 0 saturated carbocycles. The van der Waals surface area contributed by atoms with Crippen molar-refractivity contribution in [1.82, 2.24) is 9.80 Å². The highest BCUT2D eigenvalue weighted by Gasteiger charge is 2.47. The van der Waals surface area contributed by atoms with Crippen molar-refractivity contribution in [2.24, 2.45) is 0 Å². The van der Waals surface area contributed by atoms with E-state index in [9.17, 15) is 14.4 Å². The normalized spacial score (nSPS) is 28.8. The minimum absolute atomic E-state index is 0.0247. The van der Waals surface area contributed by atoms with Crippen molar-refractivity contribution >= 4 is 17.7 Å². The number of rotatable bonds is 2. The van der Waals surface area contributed by atoms with Crippen LogP contribution in [-0.4, -0.2) is 45.6 Å². The average molecular weight is 340 g/mol. The first-order chi connectivity index (χ1) is 11.9. The molecule has 132 valence electrons. The summed E-state index contributed by atoms with van der Waals surface area (Å²) in [5.41, 5.74) is 2.94. The van der Waals surface area contributed by atoms with E-state index in [0.29, 0.717) is 12.8 Å². The van der Waals surface area contributed by atoms with Gasteiger partial charge in [0, 0.05) is 36.5 Å². The molecule has 0 aliphatic carbocycles. The zero-order valence-corrected chi connectivity index (χ0v) is 14.8. The number of carbonyl (C=O) groups excluding carboxylic acids is 3. The second-order valence-corrected chi connectivity index (χ2v) is 7.76. The van der Waals surface area contributed by atoms with Crippen LogP contribution in [0.4, 0.5) is 0 Å². The van der Waals surface area contributed by atoms with Gasteiger partial charge in [0.25, 0.3) is 5.91 Å². The van der Waals surface area contributed by atoms with E-state index in [-0.39, 0.29) is 35.8 Å². The third kappa shape index (κ3) is 2.75. The summed E-state index contributed by atoms with van der Waals surface area (Å²) >= 11 is 0. The SMILES string of the molecule is Cc1cc(C)cc(C(=O)N2C3CCC2CC(N2C(=O)CCC2=O)C3)c1. The van der Waals surface area contributed by atoms with Crippen molar-refractivity contribution in [1.29, 1.82) is 0 Å². The van der Waals surface area contributed by atoms with E-state index >= 15 is 0 Å². The first-order valence-corrected chi connectivity index (χ1v) is 9.20. The lowest BCUT2D eigenvalue weighted by molar-refractivity contribution is -0.142. The molecule has 1 aromatic rings. The van der Waals surface area contributed by atoms with Gasteiger partial charge in [0.15, 0.2) is 0 Å². The molecular weight excluding hydrogens is 316 g/mol. The Balaban J connectivity index is 1.55. The van der Waals surface area contributed by atoms with E-state index in [1.54, 1.807) is 0 Å². The van der Waals surface area contributed by atoms with Crippen LogP contribution in [0.25, 0.3) is 0 Å². The predicted octanol–water partition coefficient (Wildman–Crippen LogP) is 2.59. The number of imide groups is 1. The smallest absolute Gasteiger partial charge is 0.254 e. The van der Waals surface area contributed by atoms with Gasteiger partial charge in [-0.1, -0.05) is 17.2 Å². The quantitative estimate of drug-likeness (QED) is 0.778. The number of hydrogen-bond donors (Lipinski definition) is 0. The van der Waals surface area contributed by atoms with Crippen LogP contribution in [0.1, 0.15) is 60.0 Å². The molecule has 4 rings (SSSR count). The maximum atomic E-state index is 13.1. The molecule has 2 atom stereocenters. The summed E-state index contributed by atoms with van der Waals surface area (Å²) in [7, 11) is 0. The fraction of sp³-hybridized carbons (Fsp3) is 0.550. The molecule has 5 nitrogen and oxygen atoms in total. The van der Waals surface area contributed by atoms with Gasteiger partial charge in [-0.3, -0.25) is 19.3 Å². The Hall–Kier alpha value is -2.17. The van der Waals surface area contributed by atoms with E-state index < -0.39 is 0 Å². The minimum atomic E-state index is -0.0384. The van der Waals surface area contributed by atoms with Crippen LogP contribution in [0.3, 0.4) is 0 Å². The molecule has 25 heavy (non-hydrogen) atoms. The lowest BCUT2D eigenvalue weighted by Gasteiger charge is -2.41. The monoisotopic (exact) mass is 340 g/mol. The molecule has 1 aromatic carbocycles. The van der Waals surface area contributed by atoms with Crippen molar-refractivity contribution < 1.29 is 14.4 Å². The summed E-state index contributed by atoms with van der Waals surface area (Å²) < 4.78 is 0. The molecule has 3 amide bonds. The van der Waals surface area contributed by atoms with Crippen LogP contribution >= 0.6 is 0 Å². The molecule has 0 radical (unpaired) electrons. The minimum Gasteiger partial charge on any atom is -0.333 e. The van der Waals surface area contributed by atoms with E-state index in [2.05, 4.69) is 6.07 Å². The fourth-order valence-electron chi connectivity index (χ4n) is 4.94. The molecule has 2 bridgehead atoms. The Kier molecular flexibility index (Phi) is 3.89. The summed E-state index contributed by atoms with van der Waals surface area (Å²) in [6.07, 6.45) is 4.07. The maximum Gasteiger partial charge on any atom is 0.254 e. The van der Waals surface area contributed by atoms with Crippen LogP contribution in [0, 0.1) is 13.8 Å². The largest absolute Gasteiger partial charge is 0.333 e. The second-order valence-electron chi connectivity index (χ2n) is 7.76. The molecule has 3 aliphatic heterocycles. The predicted molar refractivity (Wildman–Crippen MR) is 93.0 cm³/mol. The van der Waals surface area contributed by atoms with Gasteiger partial charge >= 0.3 is 0 Å². The lowest BCUT2D eigenvalue weighted by atomic mass is 9.94. The van der Waals surface area contributed by atoms with Crippen LogP contribution in [-0.2, 0) is 9.59 Å². The Morgan fingerprint density at radius 1 is 0.880 bits per heavy atom. The van der Waals surface area contributed by atoms with Gasteiger partial charge in [0.2, 0.25) is 11.8 Å². The third-order valence-electron chi connectivity index (χ3n) is 5.87. The summed E-state index contributed by atoms with van der Waals surface area (Å²) in [5, 5.41) is 0. The van der Waals surface area contributed by atoms with E-state index in [1.165, 1.54) is 4.90 Å². The first kappa shape index (κ1) is 16.3. The Morgan fingerprint density at radius 2 is 1.40 bits per heavy atom. The number of hydrogen-bond acceptors (Lipinski definition) is 3. The Morgan fingerprint density at radius 3 is 1.92 bits per heavy atom. The highest BCUT2D eigenvalue weighted by molar-refractivity contribution is 6.02. The van der Waals surface area contributed by atoms with Crippen LogP contribution in [0.2, 0.25) is 0 Å². The molecule has 3 fully saturated rings. The third-order valence-corrected chi connectivity index (χ3v) is 5.87. The molecule has 0 N–H and O–H groups in total. The second kappa shape index (κ2) is 5.97. The lowest BCUT2D eigenvalue weighted by Crippen LogP contribution is -2.53. The standard InChI is InChI=1S/C20H24N2O3/c1-12-7-13(2)9-14(8-12)20(25)21-15-3-4-16(21)11-17(10-15)22-18(23)5-6-19(22)24/h7-9,15-17H,3-6,10-11H2,1-2H3. The van der Waals surface area contributed by atoms with Gasteiger partial charge in [-0.2, -0.15) is 0 Å². The molecule has 0 aromatic heterocycles. The number of amides is 3. The number of aryl methyl sites for hydroxylation is 2. The van der Waals surface area contributed by atoms with Crippen LogP contribution < -0.4 is 0 Å². The molecular formula is C20H24N2O3. The van der Waals surface area contributed by atoms with Crippen molar-refractivity contribution in [3.63, 3.8) is 0 Å². The van der Waals surface area contributed by atoms with Gasteiger partial charge < -0.3 is 4.90 Å². The molecule has 5 heteroatoms. The number of likely N-dealkylation sites (tertiary alicyclic amines) is 1. The average Bonchev–Trinajstić information content (AvgIpc) is 3.02. The highest BCUT2D eigenvalue weighted by Crippen LogP contribution is 2.39. The fourth-order valence-corrected chi connectivity index (χ4v) is 4.94. The van der Waals surface area contributed by atoms with Gasteiger partial charge in [-0.25, -0.2) is 0 Å². The summed E-state index contributed by atoms with van der Waals surface area (Å²) in [4.78, 5) is 40.7. The molecule has 3 aliphatic rings. The number of piperidine rings is 1. The summed E-state index contributed by atoms with van der Waals surface area (Å²) in [6, 6.07) is 6.23. The molecule has 3 heterocycles. The van der Waals surface area contributed by atoms with E-state index in [0.717, 1.165) is 42.4 Å². The summed E-state index contributed by atoms with van der Waals surface area (Å²) in [6.45, 7) is 4.02. The highest BCUT2D eigenvalue weighted by atomic mass is 16.2. The maximum absolute atomic E-state index is 13.1. The number of carbonyl (C=O) groups is 3. The zero-order valence-electron chi connectivity index (χ0n) is 14.8. The van der Waals surface area contributed by atoms with Crippen molar-refractivity contribution in [3.8, 4) is 0 Å². The Labute approximate surface area is 148 Å². The van der Waals surface area contributed by atoms with Gasteiger partial charge in [0.05, 0.1) is 0 Å². The number of fused-ring (bicyclic) bond motifs is 2. The van der Waals surface area contributed by atoms with Crippen LogP contribution in [0.5, 0.6) is 0 Å². The van der Waals surface area contributed by atoms with Gasteiger partial charge in [-0.15, -0.1) is 0 Å². The van der Waals surface area contributed by atoms with Crippen molar-refractivity contribution in [2.45, 2.75) is 70.5 Å². The number of benzene rings is 1. The van der Waals surface area contributed by atoms with Gasteiger partial charge in [0.1, 0.15) is 0 Å². The topological polar surface area (TPSA) is 57.7 Å².